The molecule has 28 heavy (non-hydrogen) atoms. The summed E-state index contributed by atoms with van der Waals surface area (Å²) in [5.74, 6) is -0.304. The molecule has 1 aliphatic rings. The topological polar surface area (TPSA) is 87.3 Å². The Kier molecular flexibility index (Phi) is 5.45. The number of nitrogens with zero attached hydrogens (tertiary/aromatic N) is 2. The first-order valence-electron chi connectivity index (χ1n) is 9.36. The van der Waals surface area contributed by atoms with Gasteiger partial charge in [0, 0.05) is 25.0 Å². The van der Waals surface area contributed by atoms with Crippen molar-refractivity contribution in [2.24, 2.45) is 0 Å². The average Bonchev–Trinajstić information content (AvgIpc) is 2.76. The van der Waals surface area contributed by atoms with Crippen LogP contribution in [0.15, 0.2) is 59.4 Å². The van der Waals surface area contributed by atoms with Crippen LogP contribution in [0.5, 0.6) is 0 Å². The number of morpholine rings is 1. The summed E-state index contributed by atoms with van der Waals surface area (Å²) in [4.78, 5) is 27.1. The second-order valence-electron chi connectivity index (χ2n) is 6.73. The third-order valence-corrected chi connectivity index (χ3v) is 5.04. The smallest absolute Gasteiger partial charge is 0.272 e. The lowest BCUT2D eigenvalue weighted by atomic mass is 10.0. The van der Waals surface area contributed by atoms with Crippen LogP contribution in [-0.4, -0.2) is 53.9 Å². The fourth-order valence-corrected chi connectivity index (χ4v) is 3.58. The second-order valence-corrected chi connectivity index (χ2v) is 6.73. The predicted molar refractivity (Wildman–Crippen MR) is 106 cm³/mol. The molecule has 1 saturated heterocycles. The number of benzene rings is 2. The molecule has 0 bridgehead atoms. The van der Waals surface area contributed by atoms with Crippen LogP contribution < -0.4 is 10.9 Å². The van der Waals surface area contributed by atoms with Crippen molar-refractivity contribution in [1.29, 1.82) is 0 Å². The fourth-order valence-electron chi connectivity index (χ4n) is 3.58. The first-order valence-corrected chi connectivity index (χ1v) is 9.36. The van der Waals surface area contributed by atoms with Gasteiger partial charge in [-0.15, -0.1) is 0 Å². The molecule has 1 amide bonds. The van der Waals surface area contributed by atoms with Gasteiger partial charge in [-0.3, -0.25) is 14.5 Å². The molecule has 0 saturated carbocycles. The van der Waals surface area contributed by atoms with Gasteiger partial charge in [0.1, 0.15) is 0 Å². The summed E-state index contributed by atoms with van der Waals surface area (Å²) in [6.45, 7) is 3.44. The molecule has 2 aromatic carbocycles. The van der Waals surface area contributed by atoms with E-state index in [0.717, 1.165) is 18.7 Å². The number of hydrogen-bond acceptors (Lipinski definition) is 5. The average molecular weight is 378 g/mol. The maximum absolute atomic E-state index is 12.8. The second kappa shape index (κ2) is 8.33. The van der Waals surface area contributed by atoms with Crippen molar-refractivity contribution in [1.82, 2.24) is 20.4 Å². The van der Waals surface area contributed by atoms with Gasteiger partial charge in [-0.25, -0.2) is 5.10 Å². The molecule has 1 atom stereocenters. The third-order valence-electron chi connectivity index (χ3n) is 5.04. The van der Waals surface area contributed by atoms with Crippen molar-refractivity contribution < 1.29 is 9.53 Å². The van der Waals surface area contributed by atoms with Crippen LogP contribution in [-0.2, 0) is 4.74 Å². The third kappa shape index (κ3) is 3.81. The van der Waals surface area contributed by atoms with E-state index in [1.807, 2.05) is 18.2 Å². The van der Waals surface area contributed by atoms with Crippen molar-refractivity contribution in [2.75, 3.05) is 32.8 Å². The van der Waals surface area contributed by atoms with Crippen molar-refractivity contribution in [3.63, 3.8) is 0 Å². The number of fused-ring (bicyclic) bond motifs is 1. The van der Waals surface area contributed by atoms with Crippen molar-refractivity contribution in [2.45, 2.75) is 6.04 Å². The Balaban J connectivity index is 1.56. The predicted octanol–water partition coefficient (Wildman–Crippen LogP) is 1.73. The summed E-state index contributed by atoms with van der Waals surface area (Å²) in [5.41, 5.74) is 1.07. The summed E-state index contributed by atoms with van der Waals surface area (Å²) in [7, 11) is 0. The zero-order valence-corrected chi connectivity index (χ0v) is 15.4. The Morgan fingerprint density at radius 3 is 2.50 bits per heavy atom. The first kappa shape index (κ1) is 18.3. The summed E-state index contributed by atoms with van der Waals surface area (Å²) in [5, 5.41) is 10.4. The van der Waals surface area contributed by atoms with E-state index in [1.54, 1.807) is 24.3 Å². The summed E-state index contributed by atoms with van der Waals surface area (Å²) in [6.07, 6.45) is 0. The molecule has 0 radical (unpaired) electrons. The lowest BCUT2D eigenvalue weighted by molar-refractivity contribution is 0.0162. The van der Waals surface area contributed by atoms with Gasteiger partial charge in [0.15, 0.2) is 5.69 Å². The van der Waals surface area contributed by atoms with Gasteiger partial charge in [-0.2, -0.15) is 5.10 Å². The molecule has 1 fully saturated rings. The van der Waals surface area contributed by atoms with Gasteiger partial charge in [0.05, 0.1) is 24.6 Å². The lowest BCUT2D eigenvalue weighted by Gasteiger charge is -2.34. The summed E-state index contributed by atoms with van der Waals surface area (Å²) < 4.78 is 5.47. The minimum absolute atomic E-state index is 0.0445. The normalized spacial score (nSPS) is 16.0. The fraction of sp³-hybridized carbons (Fsp3) is 0.286. The SMILES string of the molecule is O=C(NCC(c1ccccc1)N1CCOCC1)c1n[nH]c(=O)c2ccccc12. The molecule has 144 valence electrons. The number of hydrogen-bond donors (Lipinski definition) is 2. The van der Waals surface area contributed by atoms with Crippen LogP contribution in [0.1, 0.15) is 22.1 Å². The molecule has 1 aromatic heterocycles. The molecule has 2 N–H and O–H groups in total. The minimum Gasteiger partial charge on any atom is -0.379 e. The zero-order chi connectivity index (χ0) is 19.3. The summed E-state index contributed by atoms with van der Waals surface area (Å²) in [6, 6.07) is 17.2. The van der Waals surface area contributed by atoms with Crippen molar-refractivity contribution in [3.05, 3.63) is 76.2 Å². The number of ether oxygens (including phenoxy) is 1. The molecule has 2 heterocycles. The van der Waals surface area contributed by atoms with Gasteiger partial charge in [0.25, 0.3) is 11.5 Å². The van der Waals surface area contributed by atoms with Gasteiger partial charge in [-0.05, 0) is 11.6 Å². The van der Waals surface area contributed by atoms with E-state index >= 15 is 0 Å². The molecule has 3 aromatic rings. The van der Waals surface area contributed by atoms with E-state index in [2.05, 4.69) is 32.5 Å². The molecule has 0 spiro atoms. The Bertz CT molecular complexity index is 1010. The van der Waals surface area contributed by atoms with E-state index < -0.39 is 0 Å². The van der Waals surface area contributed by atoms with E-state index in [1.165, 1.54) is 0 Å². The molecular formula is C21H22N4O3. The number of aromatic nitrogens is 2. The van der Waals surface area contributed by atoms with Crippen LogP contribution in [0.4, 0.5) is 0 Å². The Morgan fingerprint density at radius 1 is 1.07 bits per heavy atom. The number of amides is 1. The molecule has 4 rings (SSSR count). The number of nitrogens with one attached hydrogen (secondary N) is 2. The van der Waals surface area contributed by atoms with Crippen LogP contribution in [0.3, 0.4) is 0 Å². The summed E-state index contributed by atoms with van der Waals surface area (Å²) >= 11 is 0. The number of carbonyl (C=O) groups excluding carboxylic acids is 1. The Labute approximate surface area is 162 Å². The first-order chi connectivity index (χ1) is 13.7. The monoisotopic (exact) mass is 378 g/mol. The maximum atomic E-state index is 12.8. The Morgan fingerprint density at radius 2 is 1.75 bits per heavy atom. The van der Waals surface area contributed by atoms with E-state index in [4.69, 9.17) is 4.74 Å². The number of H-pyrrole nitrogens is 1. The molecule has 1 unspecified atom stereocenters. The number of carbonyl (C=O) groups is 1. The lowest BCUT2D eigenvalue weighted by Crippen LogP contribution is -2.44. The van der Waals surface area contributed by atoms with Crippen LogP contribution >= 0.6 is 0 Å². The van der Waals surface area contributed by atoms with E-state index in [-0.39, 0.29) is 23.2 Å². The van der Waals surface area contributed by atoms with Gasteiger partial charge >= 0.3 is 0 Å². The zero-order valence-electron chi connectivity index (χ0n) is 15.4. The largest absolute Gasteiger partial charge is 0.379 e. The minimum atomic E-state index is -0.304. The highest BCUT2D eigenvalue weighted by Crippen LogP contribution is 2.21. The quantitative estimate of drug-likeness (QED) is 0.706. The van der Waals surface area contributed by atoms with Crippen molar-refractivity contribution in [3.8, 4) is 0 Å². The van der Waals surface area contributed by atoms with Crippen molar-refractivity contribution >= 4 is 16.7 Å². The van der Waals surface area contributed by atoms with E-state index in [0.29, 0.717) is 30.5 Å². The van der Waals surface area contributed by atoms with Gasteiger partial charge in [0.2, 0.25) is 0 Å². The molecular weight excluding hydrogens is 356 g/mol. The van der Waals surface area contributed by atoms with Crippen LogP contribution in [0.2, 0.25) is 0 Å². The highest BCUT2D eigenvalue weighted by Gasteiger charge is 2.24. The standard InChI is InChI=1S/C21H22N4O3/c26-20-17-9-5-4-8-16(17)19(23-24-20)21(27)22-14-18(15-6-2-1-3-7-15)25-10-12-28-13-11-25/h1-9,18H,10-14H2,(H,22,27)(H,24,26). The highest BCUT2D eigenvalue weighted by atomic mass is 16.5. The van der Waals surface area contributed by atoms with E-state index in [9.17, 15) is 9.59 Å². The highest BCUT2D eigenvalue weighted by molar-refractivity contribution is 6.04. The molecule has 1 aliphatic heterocycles. The van der Waals surface area contributed by atoms with Crippen LogP contribution in [0.25, 0.3) is 10.8 Å². The van der Waals surface area contributed by atoms with Crippen LogP contribution in [0, 0.1) is 0 Å². The Hall–Kier alpha value is -3.03. The number of aromatic amines is 1. The molecule has 7 heteroatoms. The van der Waals surface area contributed by atoms with Gasteiger partial charge < -0.3 is 10.1 Å². The van der Waals surface area contributed by atoms with Gasteiger partial charge in [-0.1, -0.05) is 48.5 Å². The molecule has 0 aliphatic carbocycles. The molecule has 7 nitrogen and oxygen atoms in total. The maximum Gasteiger partial charge on any atom is 0.272 e. The number of rotatable bonds is 5.